The number of hydrogen-bond donors (Lipinski definition) is 1. The molecule has 0 saturated heterocycles. The van der Waals surface area contributed by atoms with Crippen molar-refractivity contribution in [1.29, 1.82) is 0 Å². The van der Waals surface area contributed by atoms with Gasteiger partial charge in [0.1, 0.15) is 0 Å². The Morgan fingerprint density at radius 3 is 2.43 bits per heavy atom. The normalized spacial score (nSPS) is 31.3. The molecule has 14 heavy (non-hydrogen) atoms. The van der Waals surface area contributed by atoms with Crippen LogP contribution < -0.4 is 0 Å². The zero-order valence-electron chi connectivity index (χ0n) is 9.17. The Bertz CT molecular complexity index is 348. The first-order valence-electron chi connectivity index (χ1n) is 5.31. The van der Waals surface area contributed by atoms with Crippen LogP contribution in [0.5, 0.6) is 0 Å². The van der Waals surface area contributed by atoms with Crippen molar-refractivity contribution in [2.24, 2.45) is 5.92 Å². The van der Waals surface area contributed by atoms with Crippen LogP contribution in [0, 0.1) is 19.8 Å². The molecule has 76 valence electrons. The highest BCUT2D eigenvalue weighted by atomic mass is 16.3. The minimum Gasteiger partial charge on any atom is -0.385 e. The quantitative estimate of drug-likeness (QED) is 0.722. The van der Waals surface area contributed by atoms with E-state index in [1.165, 1.54) is 11.1 Å². The molecule has 0 spiro atoms. The lowest BCUT2D eigenvalue weighted by atomic mass is 9.67. The van der Waals surface area contributed by atoms with E-state index in [1.807, 2.05) is 0 Å². The Balaban J connectivity index is 2.33. The molecule has 1 aromatic rings. The zero-order valence-corrected chi connectivity index (χ0v) is 9.17. The third-order valence-corrected chi connectivity index (χ3v) is 3.26. The Hall–Kier alpha value is -0.820. The monoisotopic (exact) mass is 190 g/mol. The topological polar surface area (TPSA) is 20.2 Å². The summed E-state index contributed by atoms with van der Waals surface area (Å²) in [7, 11) is 0. The molecule has 0 heterocycles. The highest BCUT2D eigenvalue weighted by Crippen LogP contribution is 2.46. The molecule has 0 amide bonds. The fourth-order valence-electron chi connectivity index (χ4n) is 2.65. The summed E-state index contributed by atoms with van der Waals surface area (Å²) < 4.78 is 0. The molecule has 1 saturated carbocycles. The Labute approximate surface area is 85.8 Å². The second kappa shape index (κ2) is 3.09. The Morgan fingerprint density at radius 2 is 1.93 bits per heavy atom. The van der Waals surface area contributed by atoms with Crippen molar-refractivity contribution >= 4 is 0 Å². The van der Waals surface area contributed by atoms with Gasteiger partial charge < -0.3 is 5.11 Å². The standard InChI is InChI=1S/C13H18O/c1-9-4-5-12(11(3)6-9)13(14)7-10(2)8-13/h4-6,10,14H,7-8H2,1-3H3. The zero-order chi connectivity index (χ0) is 10.3. The predicted molar refractivity (Wildman–Crippen MR) is 58.2 cm³/mol. The molecule has 1 nitrogen and oxygen atoms in total. The number of aliphatic hydroxyl groups is 1. The predicted octanol–water partition coefficient (Wildman–Crippen LogP) is 2.92. The molecule has 1 N–H and O–H groups in total. The van der Waals surface area contributed by atoms with E-state index in [9.17, 15) is 5.11 Å². The summed E-state index contributed by atoms with van der Waals surface area (Å²) in [6, 6.07) is 6.32. The van der Waals surface area contributed by atoms with Gasteiger partial charge in [0.25, 0.3) is 0 Å². The lowest BCUT2D eigenvalue weighted by molar-refractivity contribution is -0.0742. The van der Waals surface area contributed by atoms with Crippen LogP contribution in [0.4, 0.5) is 0 Å². The summed E-state index contributed by atoms with van der Waals surface area (Å²) in [6.45, 7) is 6.37. The van der Waals surface area contributed by atoms with Crippen molar-refractivity contribution in [2.75, 3.05) is 0 Å². The van der Waals surface area contributed by atoms with Crippen LogP contribution >= 0.6 is 0 Å². The fourth-order valence-corrected chi connectivity index (χ4v) is 2.65. The summed E-state index contributed by atoms with van der Waals surface area (Å²) in [4.78, 5) is 0. The number of rotatable bonds is 1. The van der Waals surface area contributed by atoms with E-state index in [1.54, 1.807) is 0 Å². The van der Waals surface area contributed by atoms with E-state index in [4.69, 9.17) is 0 Å². The molecule has 0 atom stereocenters. The summed E-state index contributed by atoms with van der Waals surface area (Å²) in [5, 5.41) is 10.3. The maximum Gasteiger partial charge on any atom is 0.0904 e. The summed E-state index contributed by atoms with van der Waals surface area (Å²) in [5.41, 5.74) is 3.08. The van der Waals surface area contributed by atoms with Crippen LogP contribution in [-0.4, -0.2) is 5.11 Å². The minimum absolute atomic E-state index is 0.531. The molecule has 1 aliphatic rings. The van der Waals surface area contributed by atoms with Crippen LogP contribution in [0.15, 0.2) is 18.2 Å². The molecule has 1 aromatic carbocycles. The van der Waals surface area contributed by atoms with Gasteiger partial charge in [-0.25, -0.2) is 0 Å². The van der Waals surface area contributed by atoms with Crippen molar-refractivity contribution < 1.29 is 5.11 Å². The highest BCUT2D eigenvalue weighted by molar-refractivity contribution is 5.36. The maximum absolute atomic E-state index is 10.3. The van der Waals surface area contributed by atoms with Crippen molar-refractivity contribution in [1.82, 2.24) is 0 Å². The first-order valence-corrected chi connectivity index (χ1v) is 5.31. The van der Waals surface area contributed by atoms with Crippen LogP contribution in [0.3, 0.4) is 0 Å². The summed E-state index contributed by atoms with van der Waals surface area (Å²) >= 11 is 0. The first-order chi connectivity index (χ1) is 6.51. The molecular formula is C13H18O. The van der Waals surface area contributed by atoms with E-state index in [-0.39, 0.29) is 0 Å². The van der Waals surface area contributed by atoms with Crippen molar-refractivity contribution in [3.05, 3.63) is 34.9 Å². The average molecular weight is 190 g/mol. The fraction of sp³-hybridized carbons (Fsp3) is 0.538. The van der Waals surface area contributed by atoms with Crippen molar-refractivity contribution in [3.8, 4) is 0 Å². The molecule has 0 radical (unpaired) electrons. The molecule has 0 aliphatic heterocycles. The molecule has 1 fully saturated rings. The second-order valence-corrected chi connectivity index (χ2v) is 4.86. The minimum atomic E-state index is -0.531. The molecule has 2 rings (SSSR count). The smallest absolute Gasteiger partial charge is 0.0904 e. The Kier molecular flexibility index (Phi) is 2.15. The molecule has 1 heteroatoms. The maximum atomic E-state index is 10.3. The number of hydrogen-bond acceptors (Lipinski definition) is 1. The van der Waals surface area contributed by atoms with E-state index < -0.39 is 5.60 Å². The Morgan fingerprint density at radius 1 is 1.29 bits per heavy atom. The SMILES string of the molecule is Cc1ccc(C2(O)CC(C)C2)c(C)c1. The van der Waals surface area contributed by atoms with Gasteiger partial charge in [-0.2, -0.15) is 0 Å². The molecular weight excluding hydrogens is 172 g/mol. The number of benzene rings is 1. The molecule has 0 bridgehead atoms. The van der Waals surface area contributed by atoms with Gasteiger partial charge >= 0.3 is 0 Å². The van der Waals surface area contributed by atoms with Gasteiger partial charge in [-0.1, -0.05) is 30.7 Å². The lowest BCUT2D eigenvalue weighted by Gasteiger charge is -2.43. The summed E-state index contributed by atoms with van der Waals surface area (Å²) in [6.07, 6.45) is 1.83. The van der Waals surface area contributed by atoms with Crippen LogP contribution in [-0.2, 0) is 5.60 Å². The van der Waals surface area contributed by atoms with Gasteiger partial charge in [0.2, 0.25) is 0 Å². The van der Waals surface area contributed by atoms with Gasteiger partial charge in [-0.3, -0.25) is 0 Å². The van der Waals surface area contributed by atoms with Gasteiger partial charge in [-0.05, 0) is 43.7 Å². The molecule has 0 unspecified atom stereocenters. The summed E-state index contributed by atoms with van der Waals surface area (Å²) in [5.74, 6) is 0.667. The van der Waals surface area contributed by atoms with Gasteiger partial charge in [0.05, 0.1) is 5.60 Å². The van der Waals surface area contributed by atoms with Crippen molar-refractivity contribution in [2.45, 2.75) is 39.2 Å². The van der Waals surface area contributed by atoms with Gasteiger partial charge in [-0.15, -0.1) is 0 Å². The average Bonchev–Trinajstić information content (AvgIpc) is 2.00. The van der Waals surface area contributed by atoms with Gasteiger partial charge in [0, 0.05) is 0 Å². The van der Waals surface area contributed by atoms with E-state index in [0.717, 1.165) is 18.4 Å². The first kappa shape index (κ1) is 9.72. The molecule has 1 aliphatic carbocycles. The van der Waals surface area contributed by atoms with E-state index >= 15 is 0 Å². The van der Waals surface area contributed by atoms with E-state index in [0.29, 0.717) is 5.92 Å². The second-order valence-electron chi connectivity index (χ2n) is 4.86. The van der Waals surface area contributed by atoms with Crippen LogP contribution in [0.25, 0.3) is 0 Å². The third-order valence-electron chi connectivity index (χ3n) is 3.26. The largest absolute Gasteiger partial charge is 0.385 e. The van der Waals surface area contributed by atoms with Crippen molar-refractivity contribution in [3.63, 3.8) is 0 Å². The van der Waals surface area contributed by atoms with Crippen LogP contribution in [0.2, 0.25) is 0 Å². The van der Waals surface area contributed by atoms with Crippen LogP contribution in [0.1, 0.15) is 36.5 Å². The highest BCUT2D eigenvalue weighted by Gasteiger charge is 2.42. The molecule has 0 aromatic heterocycles. The van der Waals surface area contributed by atoms with E-state index in [2.05, 4.69) is 39.0 Å². The number of aryl methyl sites for hydroxylation is 2. The lowest BCUT2D eigenvalue weighted by Crippen LogP contribution is -2.40. The third kappa shape index (κ3) is 1.46. The van der Waals surface area contributed by atoms with Gasteiger partial charge in [0.15, 0.2) is 0 Å².